The number of anilines is 1. The van der Waals surface area contributed by atoms with Gasteiger partial charge >= 0.3 is 6.09 Å². The van der Waals surface area contributed by atoms with Crippen LogP contribution in [0, 0.1) is 0 Å². The van der Waals surface area contributed by atoms with E-state index in [1.807, 2.05) is 20.8 Å². The maximum absolute atomic E-state index is 11.7. The van der Waals surface area contributed by atoms with Gasteiger partial charge in [0.05, 0.1) is 0 Å². The minimum absolute atomic E-state index is 0.380. The van der Waals surface area contributed by atoms with E-state index < -0.39 is 5.60 Å². The van der Waals surface area contributed by atoms with Crippen LogP contribution in [0.25, 0.3) is 0 Å². The van der Waals surface area contributed by atoms with Gasteiger partial charge in [-0.05, 0) is 45.0 Å². The van der Waals surface area contributed by atoms with Crippen molar-refractivity contribution in [3.63, 3.8) is 0 Å². The van der Waals surface area contributed by atoms with Crippen LogP contribution in [0.2, 0.25) is 5.02 Å². The number of ether oxygens (including phenoxy) is 1. The first-order chi connectivity index (χ1) is 7.29. The Kier molecular flexibility index (Phi) is 3.81. The molecule has 0 N–H and O–H groups in total. The van der Waals surface area contributed by atoms with Gasteiger partial charge in [-0.25, -0.2) is 4.79 Å². The van der Waals surface area contributed by atoms with E-state index in [1.165, 1.54) is 4.90 Å². The van der Waals surface area contributed by atoms with Crippen LogP contribution in [0.3, 0.4) is 0 Å². The van der Waals surface area contributed by atoms with Gasteiger partial charge in [-0.2, -0.15) is 0 Å². The van der Waals surface area contributed by atoms with Gasteiger partial charge in [0, 0.05) is 17.8 Å². The fourth-order valence-corrected chi connectivity index (χ4v) is 1.23. The summed E-state index contributed by atoms with van der Waals surface area (Å²) in [5, 5.41) is 0.640. The molecule has 1 aromatic rings. The summed E-state index contributed by atoms with van der Waals surface area (Å²) in [5.74, 6) is 0. The summed E-state index contributed by atoms with van der Waals surface area (Å²) in [6.45, 7) is 5.50. The number of carbonyl (C=O) groups excluding carboxylic acids is 1. The lowest BCUT2D eigenvalue weighted by Crippen LogP contribution is -2.34. The smallest absolute Gasteiger partial charge is 0.414 e. The van der Waals surface area contributed by atoms with Crippen molar-refractivity contribution in [1.29, 1.82) is 0 Å². The largest absolute Gasteiger partial charge is 0.443 e. The van der Waals surface area contributed by atoms with Gasteiger partial charge in [0.25, 0.3) is 0 Å². The Morgan fingerprint density at radius 1 is 1.25 bits per heavy atom. The summed E-state index contributed by atoms with van der Waals surface area (Å²) in [6.07, 6.45) is -0.380. The highest BCUT2D eigenvalue weighted by Gasteiger charge is 2.20. The van der Waals surface area contributed by atoms with Gasteiger partial charge < -0.3 is 4.74 Å². The van der Waals surface area contributed by atoms with Crippen molar-refractivity contribution >= 4 is 23.4 Å². The lowest BCUT2D eigenvalue weighted by molar-refractivity contribution is 0.0589. The van der Waals surface area contributed by atoms with Crippen LogP contribution in [0.4, 0.5) is 10.5 Å². The van der Waals surface area contributed by atoms with Crippen molar-refractivity contribution in [2.24, 2.45) is 0 Å². The molecule has 88 valence electrons. The Balaban J connectivity index is 2.74. The standard InChI is InChI=1S/C12H16ClNO2/c1-12(2,3)16-11(15)14(4)10-7-5-9(13)6-8-10/h5-8H,1-4H3. The molecule has 0 bridgehead atoms. The molecular weight excluding hydrogens is 226 g/mol. The normalized spacial score (nSPS) is 11.1. The molecule has 0 unspecified atom stereocenters. The Bertz CT molecular complexity index is 368. The van der Waals surface area contributed by atoms with Crippen molar-refractivity contribution in [2.75, 3.05) is 11.9 Å². The monoisotopic (exact) mass is 241 g/mol. The summed E-state index contributed by atoms with van der Waals surface area (Å²) in [7, 11) is 1.66. The van der Waals surface area contributed by atoms with Gasteiger partial charge in [0.2, 0.25) is 0 Å². The Hall–Kier alpha value is -1.22. The molecule has 0 saturated carbocycles. The lowest BCUT2D eigenvalue weighted by Gasteiger charge is -2.24. The third-order valence-corrected chi connectivity index (χ3v) is 2.13. The zero-order valence-corrected chi connectivity index (χ0v) is 10.7. The minimum atomic E-state index is -0.488. The average Bonchev–Trinajstić information content (AvgIpc) is 2.15. The van der Waals surface area contributed by atoms with E-state index in [-0.39, 0.29) is 6.09 Å². The number of amides is 1. The Morgan fingerprint density at radius 2 is 1.75 bits per heavy atom. The molecule has 0 aliphatic rings. The average molecular weight is 242 g/mol. The van der Waals surface area contributed by atoms with Gasteiger partial charge in [-0.15, -0.1) is 0 Å². The first-order valence-corrected chi connectivity index (χ1v) is 5.40. The van der Waals surface area contributed by atoms with E-state index in [0.29, 0.717) is 5.02 Å². The third-order valence-electron chi connectivity index (χ3n) is 1.88. The van der Waals surface area contributed by atoms with Gasteiger partial charge in [0.1, 0.15) is 5.60 Å². The molecule has 0 atom stereocenters. The second-order valence-corrected chi connectivity index (χ2v) is 4.95. The SMILES string of the molecule is CN(C(=O)OC(C)(C)C)c1ccc(Cl)cc1. The quantitative estimate of drug-likeness (QED) is 0.750. The summed E-state index contributed by atoms with van der Waals surface area (Å²) in [5.41, 5.74) is 0.260. The third kappa shape index (κ3) is 3.74. The number of nitrogens with zero attached hydrogens (tertiary/aromatic N) is 1. The molecule has 1 aromatic carbocycles. The molecule has 3 nitrogen and oxygen atoms in total. The molecule has 0 saturated heterocycles. The predicted octanol–water partition coefficient (Wildman–Crippen LogP) is 3.71. The van der Waals surface area contributed by atoms with Crippen molar-refractivity contribution < 1.29 is 9.53 Å². The number of benzene rings is 1. The topological polar surface area (TPSA) is 29.5 Å². The van der Waals surface area contributed by atoms with Gasteiger partial charge in [-0.1, -0.05) is 11.6 Å². The fraction of sp³-hybridized carbons (Fsp3) is 0.417. The summed E-state index contributed by atoms with van der Waals surface area (Å²) in [6, 6.07) is 7.01. The summed E-state index contributed by atoms with van der Waals surface area (Å²) in [4.78, 5) is 13.2. The van der Waals surface area contributed by atoms with Crippen LogP contribution in [-0.4, -0.2) is 18.7 Å². The van der Waals surface area contributed by atoms with E-state index in [2.05, 4.69) is 0 Å². The van der Waals surface area contributed by atoms with Crippen molar-refractivity contribution in [3.8, 4) is 0 Å². The maximum Gasteiger partial charge on any atom is 0.414 e. The lowest BCUT2D eigenvalue weighted by atomic mass is 10.2. The minimum Gasteiger partial charge on any atom is -0.443 e. The van der Waals surface area contributed by atoms with E-state index in [4.69, 9.17) is 16.3 Å². The maximum atomic E-state index is 11.7. The van der Waals surface area contributed by atoms with Crippen LogP contribution in [0.1, 0.15) is 20.8 Å². The number of halogens is 1. The number of hydrogen-bond acceptors (Lipinski definition) is 2. The van der Waals surface area contributed by atoms with E-state index in [0.717, 1.165) is 5.69 Å². The molecule has 0 aliphatic carbocycles. The predicted molar refractivity (Wildman–Crippen MR) is 66.1 cm³/mol. The van der Waals surface area contributed by atoms with E-state index >= 15 is 0 Å². The Labute approximate surface area is 101 Å². The van der Waals surface area contributed by atoms with Crippen LogP contribution in [0.5, 0.6) is 0 Å². The molecule has 4 heteroatoms. The highest BCUT2D eigenvalue weighted by molar-refractivity contribution is 6.30. The summed E-state index contributed by atoms with van der Waals surface area (Å²) < 4.78 is 5.24. The van der Waals surface area contributed by atoms with E-state index in [9.17, 15) is 4.79 Å². The fourth-order valence-electron chi connectivity index (χ4n) is 1.10. The zero-order chi connectivity index (χ0) is 12.3. The molecule has 0 heterocycles. The first-order valence-electron chi connectivity index (χ1n) is 5.02. The molecule has 0 fully saturated rings. The highest BCUT2D eigenvalue weighted by atomic mass is 35.5. The number of carbonyl (C=O) groups is 1. The van der Waals surface area contributed by atoms with Crippen LogP contribution in [0.15, 0.2) is 24.3 Å². The molecule has 1 rings (SSSR count). The second-order valence-electron chi connectivity index (χ2n) is 4.52. The molecule has 0 aromatic heterocycles. The van der Waals surface area contributed by atoms with Gasteiger partial charge in [-0.3, -0.25) is 4.90 Å². The van der Waals surface area contributed by atoms with Gasteiger partial charge in [0.15, 0.2) is 0 Å². The van der Waals surface area contributed by atoms with Crippen molar-refractivity contribution in [3.05, 3.63) is 29.3 Å². The molecule has 16 heavy (non-hydrogen) atoms. The Morgan fingerprint density at radius 3 is 2.19 bits per heavy atom. The molecule has 0 aliphatic heterocycles. The van der Waals surface area contributed by atoms with Crippen LogP contribution >= 0.6 is 11.6 Å². The summed E-state index contributed by atoms with van der Waals surface area (Å²) >= 11 is 5.77. The van der Waals surface area contributed by atoms with E-state index in [1.54, 1.807) is 31.3 Å². The zero-order valence-electron chi connectivity index (χ0n) is 9.95. The highest BCUT2D eigenvalue weighted by Crippen LogP contribution is 2.19. The van der Waals surface area contributed by atoms with Crippen molar-refractivity contribution in [1.82, 2.24) is 0 Å². The first kappa shape index (κ1) is 12.8. The second kappa shape index (κ2) is 4.74. The molecular formula is C12H16ClNO2. The number of rotatable bonds is 1. The number of hydrogen-bond donors (Lipinski definition) is 0. The van der Waals surface area contributed by atoms with Crippen molar-refractivity contribution in [2.45, 2.75) is 26.4 Å². The molecule has 0 radical (unpaired) electrons. The molecule has 0 spiro atoms. The van der Waals surface area contributed by atoms with Crippen LogP contribution < -0.4 is 4.90 Å². The van der Waals surface area contributed by atoms with Crippen LogP contribution in [-0.2, 0) is 4.74 Å². The molecule has 1 amide bonds.